The fourth-order valence-corrected chi connectivity index (χ4v) is 4.60. The lowest BCUT2D eigenvalue weighted by Crippen LogP contribution is -2.42. The lowest BCUT2D eigenvalue weighted by molar-refractivity contribution is -0.146. The number of nitrogens with zero attached hydrogens (tertiary/aromatic N) is 4. The summed E-state index contributed by atoms with van der Waals surface area (Å²) in [6.07, 6.45) is 0.253. The van der Waals surface area contributed by atoms with E-state index in [2.05, 4.69) is 32.1 Å². The minimum Gasteiger partial charge on any atom is -0.469 e. The Morgan fingerprint density at radius 2 is 2.00 bits per heavy atom. The SMILES string of the molecule is CCNC(=O)[C@H]1O[C@@H](n2cnc3c(N)nc(C#CCC4CCC(C(=O)OC)CC4)nc32)C(O)[C@H]1O. The van der Waals surface area contributed by atoms with Gasteiger partial charge in [-0.25, -0.2) is 15.0 Å². The number of amides is 1. The molecule has 12 heteroatoms. The first-order chi connectivity index (χ1) is 16.8. The van der Waals surface area contributed by atoms with E-state index in [1.54, 1.807) is 6.92 Å². The molecule has 4 rings (SSSR count). The summed E-state index contributed by atoms with van der Waals surface area (Å²) in [7, 11) is 1.41. The van der Waals surface area contributed by atoms with Crippen molar-refractivity contribution in [2.45, 2.75) is 63.6 Å². The summed E-state index contributed by atoms with van der Waals surface area (Å²) >= 11 is 0. The number of aliphatic hydroxyl groups is 2. The van der Waals surface area contributed by atoms with Crippen LogP contribution in [0.3, 0.4) is 0 Å². The third-order valence-corrected chi connectivity index (χ3v) is 6.54. The Balaban J connectivity index is 1.49. The van der Waals surface area contributed by atoms with Crippen molar-refractivity contribution >= 4 is 28.9 Å². The fourth-order valence-electron chi connectivity index (χ4n) is 4.60. The van der Waals surface area contributed by atoms with Gasteiger partial charge in [0.05, 0.1) is 19.4 Å². The highest BCUT2D eigenvalue weighted by Gasteiger charge is 2.47. The van der Waals surface area contributed by atoms with Crippen LogP contribution < -0.4 is 11.1 Å². The molecule has 2 fully saturated rings. The van der Waals surface area contributed by atoms with E-state index in [1.807, 2.05) is 0 Å². The maximum absolute atomic E-state index is 12.2. The van der Waals surface area contributed by atoms with Gasteiger partial charge in [0.25, 0.3) is 5.91 Å². The van der Waals surface area contributed by atoms with Crippen LogP contribution in [0.1, 0.15) is 51.1 Å². The predicted molar refractivity (Wildman–Crippen MR) is 123 cm³/mol. The van der Waals surface area contributed by atoms with Crippen LogP contribution in [0.4, 0.5) is 5.82 Å². The highest BCUT2D eigenvalue weighted by atomic mass is 16.6. The van der Waals surface area contributed by atoms with E-state index in [4.69, 9.17) is 15.2 Å². The molecule has 12 nitrogen and oxygen atoms in total. The lowest BCUT2D eigenvalue weighted by atomic mass is 9.81. The molecule has 35 heavy (non-hydrogen) atoms. The van der Waals surface area contributed by atoms with Gasteiger partial charge in [0.1, 0.15) is 17.7 Å². The molecule has 0 radical (unpaired) electrons. The van der Waals surface area contributed by atoms with E-state index in [0.717, 1.165) is 25.7 Å². The van der Waals surface area contributed by atoms with Crippen LogP contribution in [0.25, 0.3) is 11.2 Å². The maximum Gasteiger partial charge on any atom is 0.308 e. The number of hydrogen-bond donors (Lipinski definition) is 4. The van der Waals surface area contributed by atoms with E-state index in [0.29, 0.717) is 24.4 Å². The average Bonchev–Trinajstić information content (AvgIpc) is 3.40. The number of anilines is 1. The monoisotopic (exact) mass is 486 g/mol. The quantitative estimate of drug-likeness (QED) is 0.329. The van der Waals surface area contributed by atoms with Gasteiger partial charge in [-0.3, -0.25) is 14.2 Å². The number of aliphatic hydroxyl groups excluding tert-OH is 2. The first-order valence-corrected chi connectivity index (χ1v) is 11.7. The van der Waals surface area contributed by atoms with Crippen molar-refractivity contribution in [1.29, 1.82) is 0 Å². The van der Waals surface area contributed by atoms with Gasteiger partial charge in [-0.2, -0.15) is 0 Å². The zero-order valence-electron chi connectivity index (χ0n) is 19.7. The second kappa shape index (κ2) is 10.6. The number of ether oxygens (including phenoxy) is 2. The lowest BCUT2D eigenvalue weighted by Gasteiger charge is -2.25. The number of likely N-dealkylation sites (N-methyl/N-ethyl adjacent to an activating group) is 1. The van der Waals surface area contributed by atoms with E-state index in [1.165, 1.54) is 18.0 Å². The summed E-state index contributed by atoms with van der Waals surface area (Å²) in [5.41, 5.74) is 6.63. The molecule has 1 amide bonds. The van der Waals surface area contributed by atoms with Gasteiger partial charge < -0.3 is 30.7 Å². The molecule has 3 heterocycles. The fraction of sp³-hybridized carbons (Fsp3) is 0.609. The number of rotatable bonds is 5. The number of nitrogen functional groups attached to an aromatic ring is 1. The first-order valence-electron chi connectivity index (χ1n) is 11.7. The Kier molecular flexibility index (Phi) is 7.49. The van der Waals surface area contributed by atoms with Gasteiger partial charge in [0, 0.05) is 13.0 Å². The second-order valence-electron chi connectivity index (χ2n) is 8.83. The highest BCUT2D eigenvalue weighted by molar-refractivity contribution is 5.83. The Labute approximate surface area is 202 Å². The molecule has 1 saturated carbocycles. The third kappa shape index (κ3) is 5.07. The second-order valence-corrected chi connectivity index (χ2v) is 8.83. The largest absolute Gasteiger partial charge is 0.469 e. The number of nitrogens with two attached hydrogens (primary N) is 1. The smallest absolute Gasteiger partial charge is 0.308 e. The van der Waals surface area contributed by atoms with Gasteiger partial charge in [-0.05, 0) is 44.4 Å². The van der Waals surface area contributed by atoms with Crippen LogP contribution in [0, 0.1) is 23.7 Å². The molecule has 4 atom stereocenters. The average molecular weight is 487 g/mol. The predicted octanol–water partition coefficient (Wildman–Crippen LogP) is -0.115. The van der Waals surface area contributed by atoms with Crippen molar-refractivity contribution < 1.29 is 29.3 Å². The van der Waals surface area contributed by atoms with E-state index < -0.39 is 30.4 Å². The number of hydrogen-bond acceptors (Lipinski definition) is 10. The van der Waals surface area contributed by atoms with Gasteiger partial charge in [-0.1, -0.05) is 5.92 Å². The molecule has 1 aliphatic heterocycles. The Bertz CT molecular complexity index is 1150. The van der Waals surface area contributed by atoms with Crippen molar-refractivity contribution in [3.05, 3.63) is 12.2 Å². The molecule has 1 saturated heterocycles. The third-order valence-electron chi connectivity index (χ3n) is 6.54. The van der Waals surface area contributed by atoms with Crippen LogP contribution >= 0.6 is 0 Å². The van der Waals surface area contributed by atoms with Crippen LogP contribution in [0.15, 0.2) is 6.33 Å². The van der Waals surface area contributed by atoms with Crippen LogP contribution in [0.5, 0.6) is 0 Å². The summed E-state index contributed by atoms with van der Waals surface area (Å²) in [6, 6.07) is 0. The Morgan fingerprint density at radius 1 is 1.26 bits per heavy atom. The van der Waals surface area contributed by atoms with E-state index in [9.17, 15) is 19.8 Å². The summed E-state index contributed by atoms with van der Waals surface area (Å²) in [5.74, 6) is 6.02. The summed E-state index contributed by atoms with van der Waals surface area (Å²) in [6.45, 7) is 2.10. The maximum atomic E-state index is 12.2. The summed E-state index contributed by atoms with van der Waals surface area (Å²) in [5, 5.41) is 23.4. The molecule has 0 aromatic carbocycles. The molecule has 188 valence electrons. The van der Waals surface area contributed by atoms with Crippen LogP contribution in [-0.2, 0) is 19.1 Å². The molecule has 0 spiro atoms. The number of nitrogens with one attached hydrogen (secondary N) is 1. The molecular weight excluding hydrogens is 456 g/mol. The van der Waals surface area contributed by atoms with Gasteiger partial charge in [0.15, 0.2) is 23.8 Å². The number of aromatic nitrogens is 4. The molecule has 2 aromatic heterocycles. The number of fused-ring (bicyclic) bond motifs is 1. The Hall–Kier alpha value is -3.27. The summed E-state index contributed by atoms with van der Waals surface area (Å²) in [4.78, 5) is 36.7. The molecule has 1 unspecified atom stereocenters. The normalized spacial score (nSPS) is 28.3. The number of carbonyl (C=O) groups is 2. The highest BCUT2D eigenvalue weighted by Crippen LogP contribution is 2.33. The number of esters is 1. The molecule has 2 aliphatic rings. The van der Waals surface area contributed by atoms with Gasteiger partial charge in [-0.15, -0.1) is 0 Å². The Morgan fingerprint density at radius 3 is 2.69 bits per heavy atom. The van der Waals surface area contributed by atoms with Gasteiger partial charge in [0.2, 0.25) is 5.82 Å². The summed E-state index contributed by atoms with van der Waals surface area (Å²) < 4.78 is 11.9. The van der Waals surface area contributed by atoms with Crippen LogP contribution in [0.2, 0.25) is 0 Å². The van der Waals surface area contributed by atoms with E-state index in [-0.39, 0.29) is 29.2 Å². The zero-order chi connectivity index (χ0) is 25.1. The number of methoxy groups -OCH3 is 1. The molecule has 2 aromatic rings. The van der Waals surface area contributed by atoms with Crippen molar-refractivity contribution in [1.82, 2.24) is 24.8 Å². The first kappa shape index (κ1) is 24.8. The molecule has 1 aliphatic carbocycles. The molecular formula is C23H30N6O6. The standard InChI is InChI=1S/C23H30N6O6/c1-3-25-21(32)18-16(30)17(31)22(35-18)29-11-26-15-19(24)27-14(28-20(15)29)6-4-5-12-7-9-13(10-8-12)23(33)34-2/h11-13,16-18,22,30-31H,3,5,7-10H2,1-2H3,(H,25,32)(H2,24,27,28)/t12?,13?,16-,17?,18+,22-/m1/s1. The van der Waals surface area contributed by atoms with Crippen molar-refractivity contribution in [2.75, 3.05) is 19.4 Å². The van der Waals surface area contributed by atoms with E-state index >= 15 is 0 Å². The van der Waals surface area contributed by atoms with Crippen molar-refractivity contribution in [2.24, 2.45) is 11.8 Å². The molecule has 0 bridgehead atoms. The van der Waals surface area contributed by atoms with Gasteiger partial charge >= 0.3 is 5.97 Å². The topological polar surface area (TPSA) is 175 Å². The minimum absolute atomic E-state index is 0.0330. The molecule has 5 N–H and O–H groups in total. The number of carbonyl (C=O) groups excluding carboxylic acids is 2. The van der Waals surface area contributed by atoms with Crippen molar-refractivity contribution in [3.63, 3.8) is 0 Å². The van der Waals surface area contributed by atoms with Crippen molar-refractivity contribution in [3.8, 4) is 11.8 Å². The number of imidazole rings is 1. The zero-order valence-corrected chi connectivity index (χ0v) is 19.7. The van der Waals surface area contributed by atoms with Crippen LogP contribution in [-0.4, -0.2) is 73.6 Å². The minimum atomic E-state index is -1.42.